The first-order valence-corrected chi connectivity index (χ1v) is 7.94. The van der Waals surface area contributed by atoms with E-state index >= 15 is 0 Å². The third-order valence-electron chi connectivity index (χ3n) is 3.68. The Kier molecular flexibility index (Phi) is 5.24. The van der Waals surface area contributed by atoms with Gasteiger partial charge in [0.25, 0.3) is 11.6 Å². The van der Waals surface area contributed by atoms with Gasteiger partial charge in [0.15, 0.2) is 0 Å². The summed E-state index contributed by atoms with van der Waals surface area (Å²) in [5.74, 6) is 0.306. The van der Waals surface area contributed by atoms with E-state index in [9.17, 15) is 14.9 Å². The molecule has 3 aromatic carbocycles. The highest BCUT2D eigenvalue weighted by Crippen LogP contribution is 2.19. The Bertz CT molecular complexity index is 909. The Morgan fingerprint density at radius 1 is 0.962 bits per heavy atom. The number of rotatable bonds is 6. The Balaban J connectivity index is 1.61. The van der Waals surface area contributed by atoms with E-state index in [2.05, 4.69) is 5.32 Å². The number of nitrogens with one attached hydrogen (secondary N) is 1. The number of hydrogen-bond donors (Lipinski definition) is 1. The van der Waals surface area contributed by atoms with Crippen LogP contribution in [0, 0.1) is 10.1 Å². The summed E-state index contributed by atoms with van der Waals surface area (Å²) in [6.45, 7) is 0.445. The molecule has 0 heterocycles. The van der Waals surface area contributed by atoms with Crippen molar-refractivity contribution < 1.29 is 14.5 Å². The lowest BCUT2D eigenvalue weighted by Gasteiger charge is -2.08. The maximum atomic E-state index is 12.3. The van der Waals surface area contributed by atoms with Crippen molar-refractivity contribution >= 4 is 17.3 Å². The Morgan fingerprint density at radius 3 is 2.38 bits per heavy atom. The zero-order chi connectivity index (χ0) is 18.4. The van der Waals surface area contributed by atoms with E-state index in [0.717, 1.165) is 5.56 Å². The van der Waals surface area contributed by atoms with Gasteiger partial charge in [-0.1, -0.05) is 36.4 Å². The Morgan fingerprint density at radius 2 is 1.69 bits per heavy atom. The average Bonchev–Trinajstić information content (AvgIpc) is 2.68. The largest absolute Gasteiger partial charge is 0.489 e. The number of nitrogens with zero attached hydrogens (tertiary/aromatic N) is 1. The van der Waals surface area contributed by atoms with Crippen LogP contribution in [0.5, 0.6) is 5.75 Å². The Labute approximate surface area is 150 Å². The molecule has 3 rings (SSSR count). The lowest BCUT2D eigenvalue weighted by Crippen LogP contribution is -2.11. The summed E-state index contributed by atoms with van der Waals surface area (Å²) in [6, 6.07) is 22.3. The van der Waals surface area contributed by atoms with Crippen molar-refractivity contribution in [1.29, 1.82) is 0 Å². The number of benzene rings is 3. The van der Waals surface area contributed by atoms with Crippen LogP contribution in [0.1, 0.15) is 15.9 Å². The van der Waals surface area contributed by atoms with E-state index in [-0.39, 0.29) is 11.6 Å². The Hall–Kier alpha value is -3.67. The molecule has 1 amide bonds. The van der Waals surface area contributed by atoms with E-state index < -0.39 is 4.92 Å². The first-order chi connectivity index (χ1) is 12.6. The summed E-state index contributed by atoms with van der Waals surface area (Å²) >= 11 is 0. The molecule has 130 valence electrons. The van der Waals surface area contributed by atoms with Crippen LogP contribution in [0.2, 0.25) is 0 Å². The van der Waals surface area contributed by atoms with E-state index in [0.29, 0.717) is 23.6 Å². The van der Waals surface area contributed by atoms with Crippen molar-refractivity contribution in [3.8, 4) is 5.75 Å². The summed E-state index contributed by atoms with van der Waals surface area (Å²) in [6.07, 6.45) is 0. The monoisotopic (exact) mass is 348 g/mol. The molecule has 0 bridgehead atoms. The predicted molar refractivity (Wildman–Crippen MR) is 98.3 cm³/mol. The molecule has 0 aliphatic carbocycles. The molecule has 6 nitrogen and oxygen atoms in total. The van der Waals surface area contributed by atoms with Crippen LogP contribution < -0.4 is 10.1 Å². The molecule has 0 spiro atoms. The normalized spacial score (nSPS) is 10.2. The van der Waals surface area contributed by atoms with Crippen LogP contribution in [0.4, 0.5) is 11.4 Å². The topological polar surface area (TPSA) is 81.5 Å². The molecule has 1 N–H and O–H groups in total. The molecule has 3 aromatic rings. The quantitative estimate of drug-likeness (QED) is 0.528. The van der Waals surface area contributed by atoms with Crippen molar-refractivity contribution in [3.63, 3.8) is 0 Å². The van der Waals surface area contributed by atoms with E-state index in [1.54, 1.807) is 30.3 Å². The second-order valence-electron chi connectivity index (χ2n) is 5.56. The van der Waals surface area contributed by atoms with Crippen LogP contribution in [-0.4, -0.2) is 10.8 Å². The molecule has 6 heteroatoms. The van der Waals surface area contributed by atoms with Gasteiger partial charge in [-0.15, -0.1) is 0 Å². The molecular weight excluding hydrogens is 332 g/mol. The first-order valence-electron chi connectivity index (χ1n) is 7.94. The average molecular weight is 348 g/mol. The van der Waals surface area contributed by atoms with Gasteiger partial charge in [0.2, 0.25) is 0 Å². The van der Waals surface area contributed by atoms with Crippen LogP contribution in [0.15, 0.2) is 78.9 Å². The summed E-state index contributed by atoms with van der Waals surface area (Å²) in [7, 11) is 0. The van der Waals surface area contributed by atoms with Crippen molar-refractivity contribution in [3.05, 3.63) is 100 Å². The van der Waals surface area contributed by atoms with Gasteiger partial charge >= 0.3 is 0 Å². The predicted octanol–water partition coefficient (Wildman–Crippen LogP) is 4.43. The minimum absolute atomic E-state index is 0.0764. The van der Waals surface area contributed by atoms with Crippen LogP contribution in [-0.2, 0) is 6.61 Å². The van der Waals surface area contributed by atoms with Gasteiger partial charge in [-0.2, -0.15) is 0 Å². The van der Waals surface area contributed by atoms with Gasteiger partial charge in [0, 0.05) is 23.4 Å². The molecule has 0 aliphatic rings. The number of ether oxygens (including phenoxy) is 1. The second-order valence-corrected chi connectivity index (χ2v) is 5.56. The molecule has 26 heavy (non-hydrogen) atoms. The molecule has 0 unspecified atom stereocenters. The maximum absolute atomic E-state index is 12.3. The molecule has 0 radical (unpaired) electrons. The van der Waals surface area contributed by atoms with Gasteiger partial charge < -0.3 is 10.1 Å². The van der Waals surface area contributed by atoms with E-state index in [1.807, 2.05) is 30.3 Å². The lowest BCUT2D eigenvalue weighted by molar-refractivity contribution is -0.384. The summed E-state index contributed by atoms with van der Waals surface area (Å²) in [5, 5.41) is 13.4. The molecule has 0 saturated heterocycles. The SMILES string of the molecule is O=C(Nc1cccc([N+](=O)[O-])c1)c1ccc(OCc2ccccc2)cc1. The first kappa shape index (κ1) is 17.2. The third-order valence-corrected chi connectivity index (χ3v) is 3.68. The second kappa shape index (κ2) is 7.94. The third kappa shape index (κ3) is 4.45. The number of nitro benzene ring substituents is 1. The number of non-ortho nitro benzene ring substituents is 1. The number of carbonyl (C=O) groups excluding carboxylic acids is 1. The van der Waals surface area contributed by atoms with Crippen molar-refractivity contribution in [1.82, 2.24) is 0 Å². The number of amides is 1. The highest BCUT2D eigenvalue weighted by molar-refractivity contribution is 6.04. The smallest absolute Gasteiger partial charge is 0.271 e. The fraction of sp³-hybridized carbons (Fsp3) is 0.0500. The van der Waals surface area contributed by atoms with Gasteiger partial charge in [0.05, 0.1) is 4.92 Å². The summed E-state index contributed by atoms with van der Waals surface area (Å²) in [4.78, 5) is 22.5. The maximum Gasteiger partial charge on any atom is 0.271 e. The molecular formula is C20H16N2O4. The lowest BCUT2D eigenvalue weighted by atomic mass is 10.2. The van der Waals surface area contributed by atoms with Crippen molar-refractivity contribution in [2.24, 2.45) is 0 Å². The fourth-order valence-corrected chi connectivity index (χ4v) is 2.34. The van der Waals surface area contributed by atoms with Crippen LogP contribution in [0.3, 0.4) is 0 Å². The number of carbonyl (C=O) groups is 1. The molecule has 0 fully saturated rings. The van der Waals surface area contributed by atoms with E-state index in [1.165, 1.54) is 18.2 Å². The summed E-state index contributed by atoms with van der Waals surface area (Å²) in [5.41, 5.74) is 1.78. The highest BCUT2D eigenvalue weighted by atomic mass is 16.6. The van der Waals surface area contributed by atoms with Gasteiger partial charge in [-0.25, -0.2) is 0 Å². The highest BCUT2D eigenvalue weighted by Gasteiger charge is 2.10. The van der Waals surface area contributed by atoms with Crippen molar-refractivity contribution in [2.45, 2.75) is 6.61 Å². The zero-order valence-electron chi connectivity index (χ0n) is 13.8. The van der Waals surface area contributed by atoms with Crippen LogP contribution >= 0.6 is 0 Å². The summed E-state index contributed by atoms with van der Waals surface area (Å²) < 4.78 is 5.68. The molecule has 0 saturated carbocycles. The molecule has 0 aliphatic heterocycles. The van der Waals surface area contributed by atoms with Gasteiger partial charge in [-0.05, 0) is 35.9 Å². The number of anilines is 1. The fourth-order valence-electron chi connectivity index (χ4n) is 2.34. The van der Waals surface area contributed by atoms with E-state index in [4.69, 9.17) is 4.74 Å². The molecule has 0 aromatic heterocycles. The minimum atomic E-state index is -0.505. The van der Waals surface area contributed by atoms with Crippen molar-refractivity contribution in [2.75, 3.05) is 5.32 Å². The minimum Gasteiger partial charge on any atom is -0.489 e. The number of nitro groups is 1. The van der Waals surface area contributed by atoms with Gasteiger partial charge in [-0.3, -0.25) is 14.9 Å². The standard InChI is InChI=1S/C20H16N2O4/c23-20(21-17-7-4-8-18(13-17)22(24)25)16-9-11-19(12-10-16)26-14-15-5-2-1-3-6-15/h1-13H,14H2,(H,21,23). The van der Waals surface area contributed by atoms with Crippen LogP contribution in [0.25, 0.3) is 0 Å². The van der Waals surface area contributed by atoms with Gasteiger partial charge in [0.1, 0.15) is 12.4 Å². The number of hydrogen-bond acceptors (Lipinski definition) is 4. The zero-order valence-corrected chi connectivity index (χ0v) is 13.8. The molecule has 0 atom stereocenters.